The number of likely N-dealkylation sites (tertiary alicyclic amines) is 1. The summed E-state index contributed by atoms with van der Waals surface area (Å²) >= 11 is 0. The van der Waals surface area contributed by atoms with Crippen molar-refractivity contribution in [2.75, 3.05) is 6.54 Å². The van der Waals surface area contributed by atoms with Crippen molar-refractivity contribution in [3.8, 4) is 0 Å². The average molecular weight is 253 g/mol. The SMILES string of the molecule is CC(O)CC1CCCCCN1C1CCCC(=O)C1. The molecule has 104 valence electrons. The molecule has 2 rings (SSSR count). The molecule has 2 fully saturated rings. The highest BCUT2D eigenvalue weighted by Crippen LogP contribution is 2.28. The van der Waals surface area contributed by atoms with E-state index in [-0.39, 0.29) is 6.10 Å². The summed E-state index contributed by atoms with van der Waals surface area (Å²) in [7, 11) is 0. The van der Waals surface area contributed by atoms with Gasteiger partial charge in [-0.3, -0.25) is 9.69 Å². The first kappa shape index (κ1) is 14.0. The molecule has 1 saturated carbocycles. The lowest BCUT2D eigenvalue weighted by Gasteiger charge is -2.39. The fourth-order valence-corrected chi connectivity index (χ4v) is 3.61. The van der Waals surface area contributed by atoms with Crippen molar-refractivity contribution in [3.63, 3.8) is 0 Å². The lowest BCUT2D eigenvalue weighted by molar-refractivity contribution is -0.122. The van der Waals surface area contributed by atoms with E-state index in [0.717, 1.165) is 32.2 Å². The molecule has 0 aromatic rings. The van der Waals surface area contributed by atoms with E-state index in [9.17, 15) is 9.90 Å². The van der Waals surface area contributed by atoms with Gasteiger partial charge in [-0.05, 0) is 45.6 Å². The molecule has 0 amide bonds. The van der Waals surface area contributed by atoms with E-state index in [1.807, 2.05) is 6.92 Å². The fraction of sp³-hybridized carbons (Fsp3) is 0.933. The van der Waals surface area contributed by atoms with Crippen LogP contribution in [0.1, 0.15) is 64.7 Å². The first-order valence-corrected chi connectivity index (χ1v) is 7.62. The Labute approximate surface area is 111 Å². The molecule has 0 aromatic carbocycles. The van der Waals surface area contributed by atoms with E-state index in [1.54, 1.807) is 0 Å². The molecule has 3 atom stereocenters. The van der Waals surface area contributed by atoms with Crippen LogP contribution in [0.15, 0.2) is 0 Å². The van der Waals surface area contributed by atoms with Crippen LogP contribution in [0.3, 0.4) is 0 Å². The highest BCUT2D eigenvalue weighted by Gasteiger charge is 2.31. The van der Waals surface area contributed by atoms with E-state index in [4.69, 9.17) is 0 Å². The summed E-state index contributed by atoms with van der Waals surface area (Å²) in [5.74, 6) is 0.436. The molecule has 0 aromatic heterocycles. The van der Waals surface area contributed by atoms with Crippen molar-refractivity contribution in [2.24, 2.45) is 0 Å². The third kappa shape index (κ3) is 3.79. The maximum atomic E-state index is 11.7. The molecule has 0 radical (unpaired) electrons. The zero-order chi connectivity index (χ0) is 13.0. The Morgan fingerprint density at radius 1 is 1.28 bits per heavy atom. The van der Waals surface area contributed by atoms with Gasteiger partial charge in [-0.15, -0.1) is 0 Å². The van der Waals surface area contributed by atoms with Crippen molar-refractivity contribution in [1.29, 1.82) is 0 Å². The van der Waals surface area contributed by atoms with Gasteiger partial charge in [0.2, 0.25) is 0 Å². The Morgan fingerprint density at radius 2 is 2.11 bits per heavy atom. The summed E-state index contributed by atoms with van der Waals surface area (Å²) in [6.07, 6.45) is 9.41. The molecule has 0 bridgehead atoms. The normalized spacial score (nSPS) is 33.1. The number of hydrogen-bond acceptors (Lipinski definition) is 3. The van der Waals surface area contributed by atoms with Gasteiger partial charge in [-0.1, -0.05) is 12.8 Å². The molecule has 1 aliphatic heterocycles. The van der Waals surface area contributed by atoms with Crippen molar-refractivity contribution in [3.05, 3.63) is 0 Å². The van der Waals surface area contributed by atoms with Gasteiger partial charge in [-0.2, -0.15) is 0 Å². The predicted molar refractivity (Wildman–Crippen MR) is 72.5 cm³/mol. The van der Waals surface area contributed by atoms with Gasteiger partial charge in [0, 0.05) is 24.9 Å². The molecule has 1 N–H and O–H groups in total. The summed E-state index contributed by atoms with van der Waals surface area (Å²) in [6, 6.07) is 0.941. The van der Waals surface area contributed by atoms with Gasteiger partial charge < -0.3 is 5.11 Å². The minimum absolute atomic E-state index is 0.227. The van der Waals surface area contributed by atoms with Crippen LogP contribution in [0.5, 0.6) is 0 Å². The van der Waals surface area contributed by atoms with Crippen LogP contribution < -0.4 is 0 Å². The summed E-state index contributed by atoms with van der Waals surface area (Å²) < 4.78 is 0. The number of ketones is 1. The number of rotatable bonds is 3. The zero-order valence-corrected chi connectivity index (χ0v) is 11.6. The monoisotopic (exact) mass is 253 g/mol. The van der Waals surface area contributed by atoms with Gasteiger partial charge in [0.25, 0.3) is 0 Å². The highest BCUT2D eigenvalue weighted by molar-refractivity contribution is 5.79. The third-order valence-corrected chi connectivity index (χ3v) is 4.46. The lowest BCUT2D eigenvalue weighted by Crippen LogP contribution is -2.46. The Kier molecular flexibility index (Phi) is 5.19. The Balaban J connectivity index is 2.01. The molecule has 1 saturated heterocycles. The van der Waals surface area contributed by atoms with Crippen LogP contribution in [0.25, 0.3) is 0 Å². The molecule has 3 unspecified atom stereocenters. The van der Waals surface area contributed by atoms with Crippen LogP contribution >= 0.6 is 0 Å². The smallest absolute Gasteiger partial charge is 0.134 e. The summed E-state index contributed by atoms with van der Waals surface area (Å²) in [4.78, 5) is 14.2. The first-order valence-electron chi connectivity index (χ1n) is 7.62. The molecule has 3 nitrogen and oxygen atoms in total. The highest BCUT2D eigenvalue weighted by atomic mass is 16.3. The minimum Gasteiger partial charge on any atom is -0.393 e. The number of Topliss-reactive ketones (excluding diaryl/α,β-unsaturated/α-hetero) is 1. The van der Waals surface area contributed by atoms with Gasteiger partial charge >= 0.3 is 0 Å². The number of aliphatic hydroxyl groups excluding tert-OH is 1. The maximum Gasteiger partial charge on any atom is 0.134 e. The Bertz CT molecular complexity index is 278. The molecule has 1 aliphatic carbocycles. The molecule has 2 aliphatic rings. The lowest BCUT2D eigenvalue weighted by atomic mass is 9.91. The number of aliphatic hydroxyl groups is 1. The number of nitrogens with zero attached hydrogens (tertiary/aromatic N) is 1. The van der Waals surface area contributed by atoms with Gasteiger partial charge in [-0.25, -0.2) is 0 Å². The molecule has 1 heterocycles. The van der Waals surface area contributed by atoms with E-state index in [2.05, 4.69) is 4.90 Å². The standard InChI is InChI=1S/C15H27NO2/c1-12(17)10-13-6-3-2-4-9-16(13)14-7-5-8-15(18)11-14/h12-14,17H,2-11H2,1H3. The second-order valence-electron chi connectivity index (χ2n) is 6.11. The van der Waals surface area contributed by atoms with Crippen LogP contribution in [0.4, 0.5) is 0 Å². The van der Waals surface area contributed by atoms with Gasteiger partial charge in [0.1, 0.15) is 5.78 Å². The molecule has 0 spiro atoms. The molecule has 18 heavy (non-hydrogen) atoms. The average Bonchev–Trinajstić information content (AvgIpc) is 2.54. The van der Waals surface area contributed by atoms with Crippen LogP contribution in [0.2, 0.25) is 0 Å². The maximum absolute atomic E-state index is 11.7. The summed E-state index contributed by atoms with van der Waals surface area (Å²) in [5.41, 5.74) is 0. The zero-order valence-electron chi connectivity index (χ0n) is 11.6. The second-order valence-corrected chi connectivity index (χ2v) is 6.11. The largest absolute Gasteiger partial charge is 0.393 e. The van der Waals surface area contributed by atoms with Crippen molar-refractivity contribution >= 4 is 5.78 Å². The van der Waals surface area contributed by atoms with E-state index in [1.165, 1.54) is 32.1 Å². The van der Waals surface area contributed by atoms with Gasteiger partial charge in [0.15, 0.2) is 0 Å². The van der Waals surface area contributed by atoms with Crippen molar-refractivity contribution in [2.45, 2.75) is 82.9 Å². The molecular weight excluding hydrogens is 226 g/mol. The first-order chi connectivity index (χ1) is 8.66. The summed E-state index contributed by atoms with van der Waals surface area (Å²) in [6.45, 7) is 3.00. The quantitative estimate of drug-likeness (QED) is 0.840. The van der Waals surface area contributed by atoms with E-state index >= 15 is 0 Å². The molecule has 3 heteroatoms. The second kappa shape index (κ2) is 6.67. The topological polar surface area (TPSA) is 40.5 Å². The number of carbonyl (C=O) groups excluding carboxylic acids is 1. The predicted octanol–water partition coefficient (Wildman–Crippen LogP) is 2.51. The van der Waals surface area contributed by atoms with Gasteiger partial charge in [0.05, 0.1) is 6.10 Å². The fourth-order valence-electron chi connectivity index (χ4n) is 3.61. The molecular formula is C15H27NO2. The van der Waals surface area contributed by atoms with Crippen molar-refractivity contribution in [1.82, 2.24) is 4.90 Å². The number of hydrogen-bond donors (Lipinski definition) is 1. The Hall–Kier alpha value is -0.410. The van der Waals surface area contributed by atoms with Crippen LogP contribution in [-0.4, -0.2) is 40.5 Å². The van der Waals surface area contributed by atoms with Crippen LogP contribution in [-0.2, 0) is 4.79 Å². The minimum atomic E-state index is -0.227. The van der Waals surface area contributed by atoms with E-state index < -0.39 is 0 Å². The van der Waals surface area contributed by atoms with Crippen molar-refractivity contribution < 1.29 is 9.90 Å². The van der Waals surface area contributed by atoms with E-state index in [0.29, 0.717) is 17.9 Å². The number of carbonyl (C=O) groups is 1. The van der Waals surface area contributed by atoms with Crippen LogP contribution in [0, 0.1) is 0 Å². The Morgan fingerprint density at radius 3 is 2.83 bits per heavy atom. The summed E-state index contributed by atoms with van der Waals surface area (Å²) in [5, 5.41) is 9.67. The third-order valence-electron chi connectivity index (χ3n) is 4.46.